The highest BCUT2D eigenvalue weighted by atomic mass is 35.5. The van der Waals surface area contributed by atoms with Crippen LogP contribution >= 0.6 is 23.4 Å². The molecule has 0 atom stereocenters. The lowest BCUT2D eigenvalue weighted by molar-refractivity contribution is -0.127. The van der Waals surface area contributed by atoms with Crippen molar-refractivity contribution in [1.29, 1.82) is 0 Å². The molecule has 2 rings (SSSR count). The minimum atomic E-state index is -0.288. The van der Waals surface area contributed by atoms with E-state index in [0.29, 0.717) is 17.3 Å². The fraction of sp³-hybridized carbons (Fsp3) is 0.188. The van der Waals surface area contributed by atoms with Crippen LogP contribution in [0.15, 0.2) is 53.4 Å². The summed E-state index contributed by atoms with van der Waals surface area (Å²) in [5.41, 5.74) is 0.780. The van der Waals surface area contributed by atoms with Crippen LogP contribution in [0, 0.1) is 5.82 Å². The molecule has 110 valence electrons. The summed E-state index contributed by atoms with van der Waals surface area (Å²) in [7, 11) is 1.72. The van der Waals surface area contributed by atoms with Crippen molar-refractivity contribution < 1.29 is 9.18 Å². The number of halogens is 2. The smallest absolute Gasteiger partial charge is 0.232 e. The summed E-state index contributed by atoms with van der Waals surface area (Å²) < 4.78 is 13.1. The second-order valence-corrected chi connectivity index (χ2v) is 6.11. The predicted molar refractivity (Wildman–Crippen MR) is 85.1 cm³/mol. The van der Waals surface area contributed by atoms with E-state index in [9.17, 15) is 9.18 Å². The normalized spacial score (nSPS) is 10.4. The van der Waals surface area contributed by atoms with Crippen molar-refractivity contribution in [3.63, 3.8) is 0 Å². The number of thioether (sulfide) groups is 1. The summed E-state index contributed by atoms with van der Waals surface area (Å²) in [4.78, 5) is 14.6. The highest BCUT2D eigenvalue weighted by Gasteiger charge is 2.10. The number of benzene rings is 2. The average molecular weight is 324 g/mol. The molecule has 2 aromatic carbocycles. The Hall–Kier alpha value is -1.52. The molecule has 0 aliphatic rings. The van der Waals surface area contributed by atoms with Gasteiger partial charge in [-0.05, 0) is 42.0 Å². The first-order valence-corrected chi connectivity index (χ1v) is 7.78. The second-order valence-electron chi connectivity index (χ2n) is 4.62. The van der Waals surface area contributed by atoms with Crippen molar-refractivity contribution in [2.45, 2.75) is 11.4 Å². The Balaban J connectivity index is 1.86. The summed E-state index contributed by atoms with van der Waals surface area (Å²) in [5.74, 6) is 0.0519. The monoisotopic (exact) mass is 323 g/mol. The van der Waals surface area contributed by atoms with Gasteiger partial charge < -0.3 is 4.90 Å². The topological polar surface area (TPSA) is 20.3 Å². The lowest BCUT2D eigenvalue weighted by Crippen LogP contribution is -2.27. The Bertz CT molecular complexity index is 618. The van der Waals surface area contributed by atoms with E-state index in [2.05, 4.69) is 0 Å². The van der Waals surface area contributed by atoms with Crippen molar-refractivity contribution in [3.05, 3.63) is 64.9 Å². The van der Waals surface area contributed by atoms with Crippen molar-refractivity contribution in [2.24, 2.45) is 0 Å². The number of hydrogen-bond acceptors (Lipinski definition) is 2. The second kappa shape index (κ2) is 7.48. The Kier molecular flexibility index (Phi) is 5.65. The SMILES string of the molecule is CN(Cc1cccc(F)c1)C(=O)CSc1ccc(Cl)cc1. The zero-order chi connectivity index (χ0) is 15.2. The molecule has 0 aromatic heterocycles. The Morgan fingerprint density at radius 3 is 2.62 bits per heavy atom. The standard InChI is InChI=1S/C16H15ClFNOS/c1-19(10-12-3-2-4-14(18)9-12)16(20)11-21-15-7-5-13(17)6-8-15/h2-9H,10-11H2,1H3. The third-order valence-corrected chi connectivity index (χ3v) is 4.16. The van der Waals surface area contributed by atoms with Gasteiger partial charge >= 0.3 is 0 Å². The molecular formula is C16H15ClFNOS. The third kappa shape index (κ3) is 5.06. The van der Waals surface area contributed by atoms with Gasteiger partial charge in [0, 0.05) is 23.5 Å². The van der Waals surface area contributed by atoms with E-state index < -0.39 is 0 Å². The fourth-order valence-electron chi connectivity index (χ4n) is 1.78. The molecule has 0 N–H and O–H groups in total. The number of carbonyl (C=O) groups is 1. The molecule has 5 heteroatoms. The van der Waals surface area contributed by atoms with Crippen LogP contribution in [0.5, 0.6) is 0 Å². The average Bonchev–Trinajstić information content (AvgIpc) is 2.46. The van der Waals surface area contributed by atoms with Gasteiger partial charge in [0.05, 0.1) is 5.75 Å². The van der Waals surface area contributed by atoms with Crippen LogP contribution in [0.1, 0.15) is 5.56 Å². The molecule has 0 spiro atoms. The van der Waals surface area contributed by atoms with Gasteiger partial charge in [0.25, 0.3) is 0 Å². The zero-order valence-corrected chi connectivity index (χ0v) is 13.1. The Morgan fingerprint density at radius 2 is 1.95 bits per heavy atom. The lowest BCUT2D eigenvalue weighted by Gasteiger charge is -2.17. The summed E-state index contributed by atoms with van der Waals surface area (Å²) in [5, 5.41) is 0.675. The van der Waals surface area contributed by atoms with Crippen LogP contribution < -0.4 is 0 Å². The van der Waals surface area contributed by atoms with Gasteiger partial charge in [-0.1, -0.05) is 23.7 Å². The maximum atomic E-state index is 13.1. The van der Waals surface area contributed by atoms with Gasteiger partial charge in [0.2, 0.25) is 5.91 Å². The number of rotatable bonds is 5. The fourth-order valence-corrected chi connectivity index (χ4v) is 2.75. The molecule has 0 radical (unpaired) electrons. The van der Waals surface area contributed by atoms with Crippen molar-refractivity contribution in [1.82, 2.24) is 4.90 Å². The molecule has 0 aliphatic heterocycles. The Morgan fingerprint density at radius 1 is 1.24 bits per heavy atom. The van der Waals surface area contributed by atoms with Crippen LogP contribution in [0.3, 0.4) is 0 Å². The van der Waals surface area contributed by atoms with Crippen LogP contribution in [-0.4, -0.2) is 23.6 Å². The van der Waals surface area contributed by atoms with E-state index in [4.69, 9.17) is 11.6 Å². The number of hydrogen-bond donors (Lipinski definition) is 0. The van der Waals surface area contributed by atoms with E-state index in [1.165, 1.54) is 23.9 Å². The molecule has 2 aromatic rings. The summed E-state index contributed by atoms with van der Waals surface area (Å²) in [6.45, 7) is 0.401. The number of carbonyl (C=O) groups excluding carboxylic acids is 1. The van der Waals surface area contributed by atoms with E-state index >= 15 is 0 Å². The molecule has 0 aliphatic carbocycles. The highest BCUT2D eigenvalue weighted by molar-refractivity contribution is 8.00. The first-order valence-electron chi connectivity index (χ1n) is 6.41. The van der Waals surface area contributed by atoms with Crippen molar-refractivity contribution in [3.8, 4) is 0 Å². The van der Waals surface area contributed by atoms with Crippen LogP contribution in [-0.2, 0) is 11.3 Å². The molecule has 2 nitrogen and oxygen atoms in total. The van der Waals surface area contributed by atoms with E-state index in [1.807, 2.05) is 12.1 Å². The predicted octanol–water partition coefficient (Wildman–Crippen LogP) is 4.23. The zero-order valence-electron chi connectivity index (χ0n) is 11.6. The summed E-state index contributed by atoms with van der Waals surface area (Å²) >= 11 is 7.27. The maximum Gasteiger partial charge on any atom is 0.232 e. The summed E-state index contributed by atoms with van der Waals surface area (Å²) in [6, 6.07) is 13.6. The number of amides is 1. The Labute approximate surface area is 132 Å². The van der Waals surface area contributed by atoms with Crippen molar-refractivity contribution in [2.75, 3.05) is 12.8 Å². The molecule has 0 fully saturated rings. The lowest BCUT2D eigenvalue weighted by atomic mass is 10.2. The van der Waals surface area contributed by atoms with E-state index in [1.54, 1.807) is 36.2 Å². The minimum Gasteiger partial charge on any atom is -0.341 e. The maximum absolute atomic E-state index is 13.1. The largest absolute Gasteiger partial charge is 0.341 e. The minimum absolute atomic E-state index is 0.000730. The van der Waals surface area contributed by atoms with Crippen LogP contribution in [0.4, 0.5) is 4.39 Å². The van der Waals surface area contributed by atoms with Crippen molar-refractivity contribution >= 4 is 29.3 Å². The third-order valence-electron chi connectivity index (χ3n) is 2.91. The van der Waals surface area contributed by atoms with Gasteiger partial charge in [-0.15, -0.1) is 11.8 Å². The first-order chi connectivity index (χ1) is 10.0. The van der Waals surface area contributed by atoms with Gasteiger partial charge in [-0.25, -0.2) is 4.39 Å². The van der Waals surface area contributed by atoms with Gasteiger partial charge in [0.1, 0.15) is 5.82 Å². The first kappa shape index (κ1) is 15.9. The number of nitrogens with zero attached hydrogens (tertiary/aromatic N) is 1. The van der Waals surface area contributed by atoms with Gasteiger partial charge in [0.15, 0.2) is 0 Å². The molecule has 1 amide bonds. The van der Waals surface area contributed by atoms with E-state index in [0.717, 1.165) is 10.5 Å². The highest BCUT2D eigenvalue weighted by Crippen LogP contribution is 2.20. The van der Waals surface area contributed by atoms with Crippen LogP contribution in [0.25, 0.3) is 0 Å². The molecule has 0 unspecified atom stereocenters. The molecule has 0 saturated carbocycles. The molecule has 0 saturated heterocycles. The van der Waals surface area contributed by atoms with Crippen LogP contribution in [0.2, 0.25) is 5.02 Å². The summed E-state index contributed by atoms with van der Waals surface area (Å²) in [6.07, 6.45) is 0. The van der Waals surface area contributed by atoms with Gasteiger partial charge in [-0.2, -0.15) is 0 Å². The van der Waals surface area contributed by atoms with Gasteiger partial charge in [-0.3, -0.25) is 4.79 Å². The molecule has 0 bridgehead atoms. The van der Waals surface area contributed by atoms with E-state index in [-0.39, 0.29) is 11.7 Å². The molecular weight excluding hydrogens is 309 g/mol. The quantitative estimate of drug-likeness (QED) is 0.767. The molecule has 21 heavy (non-hydrogen) atoms. The molecule has 0 heterocycles.